The number of ether oxygens (including phenoxy) is 1. The number of hydrogen-bond donors (Lipinski definition) is 2. The van der Waals surface area contributed by atoms with Gasteiger partial charge in [0, 0.05) is 23.4 Å². The van der Waals surface area contributed by atoms with Crippen LogP contribution in [0.2, 0.25) is 0 Å². The summed E-state index contributed by atoms with van der Waals surface area (Å²) in [7, 11) is 0. The summed E-state index contributed by atoms with van der Waals surface area (Å²) in [6.07, 6.45) is 1.38. The zero-order valence-corrected chi connectivity index (χ0v) is 16.6. The van der Waals surface area contributed by atoms with E-state index in [1.54, 1.807) is 42.5 Å². The number of nitro groups is 1. The van der Waals surface area contributed by atoms with Gasteiger partial charge in [-0.25, -0.2) is 4.98 Å². The van der Waals surface area contributed by atoms with Gasteiger partial charge in [0.2, 0.25) is 11.8 Å². The van der Waals surface area contributed by atoms with Gasteiger partial charge in [0.05, 0.1) is 11.0 Å². The van der Waals surface area contributed by atoms with E-state index < -0.39 is 11.0 Å². The molecule has 1 amide bonds. The third kappa shape index (κ3) is 5.94. The first-order chi connectivity index (χ1) is 14.8. The van der Waals surface area contributed by atoms with Crippen molar-refractivity contribution < 1.29 is 19.2 Å². The number of amides is 1. The molecule has 0 fully saturated rings. The molecule has 0 bridgehead atoms. The molecule has 158 valence electrons. The predicted molar refractivity (Wildman–Crippen MR) is 114 cm³/mol. The van der Waals surface area contributed by atoms with Gasteiger partial charge in [-0.05, 0) is 55.3 Å². The first kappa shape index (κ1) is 21.6. The standard InChI is InChI=1S/C22H20N4O5/c1-14(27)16-5-7-17(8-6-16)25-22(28)20(23)12-15-3-2-4-19(11-15)31-21-10-9-18(13-24-21)26(29)30/h2-11,13,20H,12,23H2,1H3,(H,25,28). The van der Waals surface area contributed by atoms with Gasteiger partial charge in [0.25, 0.3) is 5.69 Å². The fraction of sp³-hybridized carbons (Fsp3) is 0.136. The molecule has 1 aromatic heterocycles. The van der Waals surface area contributed by atoms with Crippen LogP contribution in [-0.4, -0.2) is 27.6 Å². The molecular formula is C22H20N4O5. The molecule has 2 aromatic carbocycles. The Hall–Kier alpha value is -4.11. The first-order valence-corrected chi connectivity index (χ1v) is 9.36. The lowest BCUT2D eigenvalue weighted by Crippen LogP contribution is -2.37. The van der Waals surface area contributed by atoms with Crippen LogP contribution < -0.4 is 15.8 Å². The van der Waals surface area contributed by atoms with Crippen molar-refractivity contribution in [1.82, 2.24) is 4.98 Å². The summed E-state index contributed by atoms with van der Waals surface area (Å²) < 4.78 is 5.62. The molecule has 1 heterocycles. The van der Waals surface area contributed by atoms with Crippen LogP contribution in [0.4, 0.5) is 11.4 Å². The molecule has 0 aliphatic carbocycles. The van der Waals surface area contributed by atoms with Gasteiger partial charge in [-0.15, -0.1) is 0 Å². The number of carbonyl (C=O) groups is 2. The van der Waals surface area contributed by atoms with Crippen molar-refractivity contribution in [3.05, 3.63) is 88.1 Å². The highest BCUT2D eigenvalue weighted by Crippen LogP contribution is 2.22. The predicted octanol–water partition coefficient (Wildman–Crippen LogP) is 3.49. The highest BCUT2D eigenvalue weighted by molar-refractivity contribution is 5.97. The van der Waals surface area contributed by atoms with E-state index in [0.717, 1.165) is 11.8 Å². The van der Waals surface area contributed by atoms with Gasteiger partial charge in [-0.3, -0.25) is 19.7 Å². The Morgan fingerprint density at radius 3 is 2.52 bits per heavy atom. The number of anilines is 1. The molecule has 0 aliphatic heterocycles. The van der Waals surface area contributed by atoms with Crippen LogP contribution in [0.1, 0.15) is 22.8 Å². The van der Waals surface area contributed by atoms with E-state index in [9.17, 15) is 19.7 Å². The number of aromatic nitrogens is 1. The van der Waals surface area contributed by atoms with Gasteiger partial charge in [0.15, 0.2) is 5.78 Å². The minimum Gasteiger partial charge on any atom is -0.439 e. The lowest BCUT2D eigenvalue weighted by Gasteiger charge is -2.13. The van der Waals surface area contributed by atoms with E-state index >= 15 is 0 Å². The van der Waals surface area contributed by atoms with E-state index in [2.05, 4.69) is 10.3 Å². The molecule has 1 unspecified atom stereocenters. The molecule has 31 heavy (non-hydrogen) atoms. The second kappa shape index (κ2) is 9.59. The number of nitrogens with one attached hydrogen (secondary N) is 1. The summed E-state index contributed by atoms with van der Waals surface area (Å²) in [5.74, 6) is 0.254. The Morgan fingerprint density at radius 2 is 1.90 bits per heavy atom. The first-order valence-electron chi connectivity index (χ1n) is 9.36. The normalized spacial score (nSPS) is 11.4. The smallest absolute Gasteiger partial charge is 0.287 e. The van der Waals surface area contributed by atoms with Crippen molar-refractivity contribution >= 4 is 23.1 Å². The van der Waals surface area contributed by atoms with E-state index in [0.29, 0.717) is 17.0 Å². The number of nitrogens with zero attached hydrogens (tertiary/aromatic N) is 2. The number of rotatable bonds is 8. The minimum absolute atomic E-state index is 0.0550. The SMILES string of the molecule is CC(=O)c1ccc(NC(=O)C(N)Cc2cccc(Oc3ccc([N+](=O)[O-])cn3)c2)cc1. The van der Waals surface area contributed by atoms with Gasteiger partial charge in [-0.2, -0.15) is 0 Å². The summed E-state index contributed by atoms with van der Waals surface area (Å²) in [5, 5.41) is 13.4. The molecule has 3 aromatic rings. The van der Waals surface area contributed by atoms with Crippen LogP contribution in [-0.2, 0) is 11.2 Å². The highest BCUT2D eigenvalue weighted by Gasteiger charge is 2.15. The largest absolute Gasteiger partial charge is 0.439 e. The number of nitrogens with two attached hydrogens (primary N) is 1. The van der Waals surface area contributed by atoms with Crippen molar-refractivity contribution in [3.63, 3.8) is 0 Å². The van der Waals surface area contributed by atoms with Crippen molar-refractivity contribution in [2.45, 2.75) is 19.4 Å². The minimum atomic E-state index is -0.805. The average Bonchev–Trinajstić information content (AvgIpc) is 2.74. The maximum atomic E-state index is 12.4. The molecule has 0 radical (unpaired) electrons. The van der Waals surface area contributed by atoms with Crippen LogP contribution in [0.5, 0.6) is 11.6 Å². The molecule has 0 aliphatic rings. The molecule has 3 N–H and O–H groups in total. The second-order valence-corrected chi connectivity index (χ2v) is 6.79. The van der Waals surface area contributed by atoms with Gasteiger partial charge >= 0.3 is 0 Å². The van der Waals surface area contributed by atoms with Crippen LogP contribution in [0, 0.1) is 10.1 Å². The van der Waals surface area contributed by atoms with Crippen molar-refractivity contribution in [2.75, 3.05) is 5.32 Å². The quantitative estimate of drug-likeness (QED) is 0.323. The van der Waals surface area contributed by atoms with Gasteiger partial charge in [-0.1, -0.05) is 12.1 Å². The summed E-state index contributed by atoms with van der Waals surface area (Å²) >= 11 is 0. The van der Waals surface area contributed by atoms with Gasteiger partial charge < -0.3 is 15.8 Å². The van der Waals surface area contributed by atoms with Crippen molar-refractivity contribution in [1.29, 1.82) is 0 Å². The molecular weight excluding hydrogens is 400 g/mol. The lowest BCUT2D eigenvalue weighted by atomic mass is 10.1. The zero-order chi connectivity index (χ0) is 22.4. The third-order valence-corrected chi connectivity index (χ3v) is 4.40. The number of pyridine rings is 1. The molecule has 9 heteroatoms. The summed E-state index contributed by atoms with van der Waals surface area (Å²) in [6, 6.07) is 15.4. The topological polar surface area (TPSA) is 137 Å². The summed E-state index contributed by atoms with van der Waals surface area (Å²) in [5.41, 5.74) is 7.79. The fourth-order valence-electron chi connectivity index (χ4n) is 2.77. The van der Waals surface area contributed by atoms with Crippen molar-refractivity contribution in [3.8, 4) is 11.6 Å². The van der Waals surface area contributed by atoms with Crippen LogP contribution >= 0.6 is 0 Å². The van der Waals surface area contributed by atoms with Crippen LogP contribution in [0.3, 0.4) is 0 Å². The van der Waals surface area contributed by atoms with Crippen molar-refractivity contribution in [2.24, 2.45) is 5.73 Å². The Balaban J connectivity index is 1.60. The highest BCUT2D eigenvalue weighted by atomic mass is 16.6. The number of hydrogen-bond acceptors (Lipinski definition) is 7. The Morgan fingerprint density at radius 1 is 1.16 bits per heavy atom. The lowest BCUT2D eigenvalue weighted by molar-refractivity contribution is -0.385. The molecule has 1 atom stereocenters. The van der Waals surface area contributed by atoms with E-state index in [1.807, 2.05) is 6.07 Å². The number of carbonyl (C=O) groups excluding carboxylic acids is 2. The maximum absolute atomic E-state index is 12.4. The monoisotopic (exact) mass is 420 g/mol. The maximum Gasteiger partial charge on any atom is 0.287 e. The number of benzene rings is 2. The van der Waals surface area contributed by atoms with E-state index in [4.69, 9.17) is 10.5 Å². The Kier molecular flexibility index (Phi) is 6.68. The molecule has 3 rings (SSSR count). The fourth-order valence-corrected chi connectivity index (χ4v) is 2.77. The average molecular weight is 420 g/mol. The molecule has 0 spiro atoms. The van der Waals surface area contributed by atoms with E-state index in [-0.39, 0.29) is 29.7 Å². The molecule has 0 saturated carbocycles. The summed E-state index contributed by atoms with van der Waals surface area (Å²) in [4.78, 5) is 37.8. The van der Waals surface area contributed by atoms with Gasteiger partial charge in [0.1, 0.15) is 11.9 Å². The number of Topliss-reactive ketones (excluding diaryl/α,β-unsaturated/α-hetero) is 1. The van der Waals surface area contributed by atoms with E-state index in [1.165, 1.54) is 19.1 Å². The Bertz CT molecular complexity index is 1100. The third-order valence-electron chi connectivity index (χ3n) is 4.40. The molecule has 9 nitrogen and oxygen atoms in total. The summed E-state index contributed by atoms with van der Waals surface area (Å²) in [6.45, 7) is 1.47. The second-order valence-electron chi connectivity index (χ2n) is 6.79. The molecule has 0 saturated heterocycles. The zero-order valence-electron chi connectivity index (χ0n) is 16.6. The van der Waals surface area contributed by atoms with Crippen LogP contribution in [0.15, 0.2) is 66.9 Å². The van der Waals surface area contributed by atoms with Crippen LogP contribution in [0.25, 0.3) is 0 Å². The number of ketones is 1. The Labute approximate surface area is 178 Å².